The molecular formula is C23H24N6O5. The van der Waals surface area contributed by atoms with E-state index in [0.29, 0.717) is 48.1 Å². The van der Waals surface area contributed by atoms with Crippen molar-refractivity contribution in [1.29, 1.82) is 0 Å². The fourth-order valence-corrected chi connectivity index (χ4v) is 4.19. The summed E-state index contributed by atoms with van der Waals surface area (Å²) >= 11 is 0. The second-order valence-corrected chi connectivity index (χ2v) is 8.52. The van der Waals surface area contributed by atoms with Crippen molar-refractivity contribution in [2.45, 2.75) is 24.5 Å². The van der Waals surface area contributed by atoms with Crippen LogP contribution in [0.3, 0.4) is 0 Å². The summed E-state index contributed by atoms with van der Waals surface area (Å²) in [5.41, 5.74) is 6.17. The van der Waals surface area contributed by atoms with Crippen LogP contribution >= 0.6 is 0 Å². The fraction of sp³-hybridized carbons (Fsp3) is 0.348. The van der Waals surface area contributed by atoms with Crippen LogP contribution in [0.4, 0.5) is 5.69 Å². The van der Waals surface area contributed by atoms with Crippen LogP contribution in [0.2, 0.25) is 0 Å². The highest BCUT2D eigenvalue weighted by molar-refractivity contribution is 5.96. The topological polar surface area (TPSA) is 157 Å². The van der Waals surface area contributed by atoms with E-state index in [-0.39, 0.29) is 23.9 Å². The smallest absolute Gasteiger partial charge is 0.269 e. The zero-order chi connectivity index (χ0) is 23.9. The first-order chi connectivity index (χ1) is 16.3. The molecule has 2 fully saturated rings. The Hall–Kier alpha value is -3.83. The van der Waals surface area contributed by atoms with Gasteiger partial charge in [-0.2, -0.15) is 0 Å². The van der Waals surface area contributed by atoms with Crippen molar-refractivity contribution in [2.75, 3.05) is 32.1 Å². The van der Waals surface area contributed by atoms with Gasteiger partial charge in [0.05, 0.1) is 24.5 Å². The van der Waals surface area contributed by atoms with Gasteiger partial charge >= 0.3 is 0 Å². The molecule has 4 N–H and O–H groups in total. The third-order valence-electron chi connectivity index (χ3n) is 6.16. The Balaban J connectivity index is 1.43. The lowest BCUT2D eigenvalue weighted by atomic mass is 9.98. The Kier molecular flexibility index (Phi) is 5.50. The van der Waals surface area contributed by atoms with Crippen LogP contribution in [0.5, 0.6) is 0 Å². The number of benzene rings is 1. The molecule has 34 heavy (non-hydrogen) atoms. The van der Waals surface area contributed by atoms with Crippen LogP contribution < -0.4 is 11.1 Å². The van der Waals surface area contributed by atoms with Crippen LogP contribution in [-0.4, -0.2) is 69.8 Å². The van der Waals surface area contributed by atoms with Crippen molar-refractivity contribution in [3.05, 3.63) is 48.0 Å². The summed E-state index contributed by atoms with van der Waals surface area (Å²) < 4.78 is 10.7. The Bertz CT molecular complexity index is 1250. The second-order valence-electron chi connectivity index (χ2n) is 8.52. The van der Waals surface area contributed by atoms with Crippen molar-refractivity contribution in [2.24, 2.45) is 5.73 Å². The summed E-state index contributed by atoms with van der Waals surface area (Å²) in [4.78, 5) is 34.7. The third-order valence-corrected chi connectivity index (χ3v) is 6.16. The Labute approximate surface area is 194 Å². The number of carbonyl (C=O) groups excluding carboxylic acids is 2. The summed E-state index contributed by atoms with van der Waals surface area (Å²) in [5, 5.41) is 18.1. The summed E-state index contributed by atoms with van der Waals surface area (Å²) in [7, 11) is 1.63. The van der Waals surface area contributed by atoms with Crippen LogP contribution in [0, 0.1) is 0 Å². The monoisotopic (exact) mass is 464 g/mol. The first-order valence-electron chi connectivity index (χ1n) is 10.9. The maximum absolute atomic E-state index is 12.4. The summed E-state index contributed by atoms with van der Waals surface area (Å²) in [6.07, 6.45) is 2.59. The van der Waals surface area contributed by atoms with Gasteiger partial charge in [-0.1, -0.05) is 23.4 Å². The molecule has 11 heteroatoms. The van der Waals surface area contributed by atoms with Gasteiger partial charge in [-0.15, -0.1) is 0 Å². The van der Waals surface area contributed by atoms with Gasteiger partial charge in [-0.3, -0.25) is 9.59 Å². The highest BCUT2D eigenvalue weighted by Crippen LogP contribution is 2.35. The lowest BCUT2D eigenvalue weighted by Crippen LogP contribution is -2.35. The maximum atomic E-state index is 12.4. The van der Waals surface area contributed by atoms with Crippen LogP contribution in [0.15, 0.2) is 41.1 Å². The molecular weight excluding hydrogens is 440 g/mol. The SMILES string of the molecule is CN1CC[C@@](O)(c2cc(-c3cccc(-c4ncc(NC5CCOC5)c(C(N)=O)n4)c3)no2)C1=O. The van der Waals surface area contributed by atoms with Crippen LogP contribution in [0.25, 0.3) is 22.6 Å². The zero-order valence-corrected chi connectivity index (χ0v) is 18.5. The largest absolute Gasteiger partial charge is 0.379 e. The van der Waals surface area contributed by atoms with Gasteiger partial charge < -0.3 is 30.3 Å². The number of carbonyl (C=O) groups is 2. The van der Waals surface area contributed by atoms with Crippen molar-refractivity contribution in [1.82, 2.24) is 20.0 Å². The molecule has 0 saturated carbocycles. The average Bonchev–Trinajstić information content (AvgIpc) is 3.59. The first kappa shape index (κ1) is 22.0. The molecule has 176 valence electrons. The van der Waals surface area contributed by atoms with Gasteiger partial charge in [0.25, 0.3) is 11.8 Å². The molecule has 0 spiro atoms. The molecule has 11 nitrogen and oxygen atoms in total. The Morgan fingerprint density at radius 1 is 1.32 bits per heavy atom. The number of nitrogens with two attached hydrogens (primary N) is 1. The highest BCUT2D eigenvalue weighted by Gasteiger charge is 2.48. The number of hydrogen-bond acceptors (Lipinski definition) is 9. The number of rotatable bonds is 6. The number of primary amides is 1. The number of aromatic nitrogens is 3. The lowest BCUT2D eigenvalue weighted by molar-refractivity contribution is -0.144. The van der Waals surface area contributed by atoms with E-state index in [0.717, 1.165) is 6.42 Å². The van der Waals surface area contributed by atoms with Crippen molar-refractivity contribution in [3.63, 3.8) is 0 Å². The molecule has 0 bridgehead atoms. The van der Waals surface area contributed by atoms with E-state index in [1.54, 1.807) is 37.5 Å². The van der Waals surface area contributed by atoms with E-state index in [9.17, 15) is 14.7 Å². The highest BCUT2D eigenvalue weighted by atomic mass is 16.5. The Morgan fingerprint density at radius 2 is 2.15 bits per heavy atom. The van der Waals surface area contributed by atoms with E-state index in [4.69, 9.17) is 15.0 Å². The summed E-state index contributed by atoms with van der Waals surface area (Å²) in [5.74, 6) is -0.671. The quantitative estimate of drug-likeness (QED) is 0.487. The number of ether oxygens (including phenoxy) is 1. The molecule has 1 unspecified atom stereocenters. The minimum Gasteiger partial charge on any atom is -0.379 e. The number of likely N-dealkylation sites (N-methyl/N-ethyl adjacent to an activating group) is 1. The van der Waals surface area contributed by atoms with Gasteiger partial charge in [0.2, 0.25) is 5.60 Å². The number of likely N-dealkylation sites (tertiary alicyclic amines) is 1. The maximum Gasteiger partial charge on any atom is 0.269 e. The minimum absolute atomic E-state index is 0.0681. The molecule has 2 atom stereocenters. The molecule has 2 saturated heterocycles. The van der Waals surface area contributed by atoms with Gasteiger partial charge in [0.15, 0.2) is 17.3 Å². The second kappa shape index (κ2) is 8.50. The molecule has 2 aromatic heterocycles. The molecule has 1 aromatic carbocycles. The summed E-state index contributed by atoms with van der Waals surface area (Å²) in [6.45, 7) is 1.62. The summed E-state index contributed by atoms with van der Waals surface area (Å²) in [6, 6.07) is 8.80. The predicted molar refractivity (Wildman–Crippen MR) is 120 cm³/mol. The molecule has 2 amide bonds. The molecule has 3 aromatic rings. The minimum atomic E-state index is -1.72. The molecule has 0 aliphatic carbocycles. The van der Waals surface area contributed by atoms with Gasteiger partial charge in [-0.05, 0) is 12.5 Å². The molecule has 4 heterocycles. The number of amides is 2. The standard InChI is InChI=1S/C23H24N6O5/c1-29-7-6-23(32,22(29)31)18-10-16(28-34-18)13-3-2-4-14(9-13)21-25-11-17(19(27-21)20(24)30)26-15-5-8-33-12-15/h2-4,9-11,15,26,32H,5-8,12H2,1H3,(H2,24,30)/t15?,23-/m1/s1. The lowest BCUT2D eigenvalue weighted by Gasteiger charge is -2.16. The molecule has 0 radical (unpaired) electrons. The number of aliphatic hydroxyl groups is 1. The molecule has 2 aliphatic heterocycles. The van der Waals surface area contributed by atoms with Crippen LogP contribution in [-0.2, 0) is 15.1 Å². The van der Waals surface area contributed by atoms with Gasteiger partial charge in [0.1, 0.15) is 5.69 Å². The third kappa shape index (κ3) is 3.88. The van der Waals surface area contributed by atoms with Gasteiger partial charge in [0, 0.05) is 43.8 Å². The van der Waals surface area contributed by atoms with Gasteiger partial charge in [-0.25, -0.2) is 9.97 Å². The Morgan fingerprint density at radius 3 is 2.85 bits per heavy atom. The average molecular weight is 464 g/mol. The van der Waals surface area contributed by atoms with Crippen molar-refractivity contribution in [3.8, 4) is 22.6 Å². The normalized spacial score (nSPS) is 22.4. The number of hydrogen-bond donors (Lipinski definition) is 3. The van der Waals surface area contributed by atoms with E-state index in [2.05, 4.69) is 20.4 Å². The number of anilines is 1. The van der Waals surface area contributed by atoms with Crippen molar-refractivity contribution < 1.29 is 24.0 Å². The number of nitrogens with zero attached hydrogens (tertiary/aromatic N) is 4. The predicted octanol–water partition coefficient (Wildman–Crippen LogP) is 1.15. The van der Waals surface area contributed by atoms with Crippen molar-refractivity contribution >= 4 is 17.5 Å². The molecule has 2 aliphatic rings. The van der Waals surface area contributed by atoms with E-state index in [1.807, 2.05) is 6.07 Å². The number of nitrogens with one attached hydrogen (secondary N) is 1. The fourth-order valence-electron chi connectivity index (χ4n) is 4.19. The van der Waals surface area contributed by atoms with Crippen LogP contribution in [0.1, 0.15) is 29.1 Å². The van der Waals surface area contributed by atoms with E-state index >= 15 is 0 Å². The zero-order valence-electron chi connectivity index (χ0n) is 18.5. The first-order valence-corrected chi connectivity index (χ1v) is 10.9. The van der Waals surface area contributed by atoms with E-state index < -0.39 is 17.4 Å². The molecule has 5 rings (SSSR count). The van der Waals surface area contributed by atoms with E-state index in [1.165, 1.54) is 4.90 Å².